The summed E-state index contributed by atoms with van der Waals surface area (Å²) in [5.74, 6) is -0.272. The van der Waals surface area contributed by atoms with Gasteiger partial charge in [0.15, 0.2) is 0 Å². The zero-order chi connectivity index (χ0) is 27.3. The molecule has 0 aromatic heterocycles. The van der Waals surface area contributed by atoms with Crippen LogP contribution in [-0.4, -0.2) is 37.6 Å². The molecule has 11 heteroatoms. The summed E-state index contributed by atoms with van der Waals surface area (Å²) < 4.78 is 4.35. The van der Waals surface area contributed by atoms with E-state index in [4.69, 9.17) is 63.4 Å². The van der Waals surface area contributed by atoms with E-state index in [9.17, 15) is 9.59 Å². The molecule has 196 valence electrons. The van der Waals surface area contributed by atoms with Crippen molar-refractivity contribution >= 4 is 92.6 Å². The highest BCUT2D eigenvalue weighted by atomic mass is 35.6. The minimum Gasteiger partial charge on any atom is -0.466 e. The van der Waals surface area contributed by atoms with Gasteiger partial charge in [0, 0.05) is 17.1 Å². The lowest BCUT2D eigenvalue weighted by molar-refractivity contribution is -0.122. The Kier molecular flexibility index (Phi) is 9.63. The van der Waals surface area contributed by atoms with Crippen molar-refractivity contribution in [2.75, 3.05) is 6.54 Å². The van der Waals surface area contributed by atoms with Crippen LogP contribution in [0.1, 0.15) is 21.5 Å². The van der Waals surface area contributed by atoms with Crippen molar-refractivity contribution in [3.05, 3.63) is 105 Å². The van der Waals surface area contributed by atoms with E-state index in [0.29, 0.717) is 38.5 Å². The number of amides is 2. The Labute approximate surface area is 250 Å². The molecule has 2 amide bonds. The van der Waals surface area contributed by atoms with E-state index in [-0.39, 0.29) is 5.91 Å². The summed E-state index contributed by atoms with van der Waals surface area (Å²) in [6, 6.07) is 23.0. The number of benzene rings is 3. The molecule has 1 aliphatic rings. The number of ether oxygens (including phenoxy) is 1. The maximum Gasteiger partial charge on any atom is 0.266 e. The molecule has 4 rings (SSSR count). The van der Waals surface area contributed by atoms with Crippen LogP contribution in [0, 0.1) is 0 Å². The van der Waals surface area contributed by atoms with E-state index in [2.05, 4.69) is 5.32 Å². The molecule has 1 heterocycles. The molecule has 0 unspecified atom stereocenters. The predicted molar refractivity (Wildman–Crippen MR) is 160 cm³/mol. The number of carbonyl (C=O) groups is 2. The van der Waals surface area contributed by atoms with Crippen molar-refractivity contribution in [3.8, 4) is 5.75 Å². The number of thioether (sulfide) groups is 1. The predicted octanol–water partition coefficient (Wildman–Crippen LogP) is 7.29. The van der Waals surface area contributed by atoms with Crippen LogP contribution in [0.4, 0.5) is 0 Å². The topological polar surface area (TPSA) is 58.6 Å². The number of nitrogens with zero attached hydrogens (tertiary/aromatic N) is 1. The summed E-state index contributed by atoms with van der Waals surface area (Å²) in [4.78, 5) is 27.7. The monoisotopic (exact) mass is 624 g/mol. The van der Waals surface area contributed by atoms with Crippen LogP contribution in [0.25, 0.3) is 6.08 Å². The average molecular weight is 626 g/mol. The molecule has 3 aromatic rings. The molecule has 1 fully saturated rings. The van der Waals surface area contributed by atoms with Gasteiger partial charge in [0.1, 0.15) is 10.1 Å². The molecule has 3 aromatic carbocycles. The summed E-state index contributed by atoms with van der Waals surface area (Å²) in [6.07, 6.45) is 1.20. The van der Waals surface area contributed by atoms with Crippen molar-refractivity contribution in [2.45, 2.75) is 16.4 Å². The Morgan fingerprint density at radius 1 is 1.03 bits per heavy atom. The van der Waals surface area contributed by atoms with E-state index in [1.807, 2.05) is 30.3 Å². The number of alkyl halides is 3. The van der Waals surface area contributed by atoms with E-state index < -0.39 is 15.9 Å². The van der Waals surface area contributed by atoms with Crippen molar-refractivity contribution in [1.82, 2.24) is 10.2 Å². The van der Waals surface area contributed by atoms with Crippen LogP contribution < -0.4 is 10.1 Å². The van der Waals surface area contributed by atoms with Gasteiger partial charge in [-0.25, -0.2) is 0 Å². The van der Waals surface area contributed by atoms with Gasteiger partial charge < -0.3 is 10.1 Å². The fourth-order valence-corrected chi connectivity index (χ4v) is 5.22. The molecule has 1 N–H and O–H groups in total. The number of hydrogen-bond acceptors (Lipinski definition) is 5. The van der Waals surface area contributed by atoms with E-state index >= 15 is 0 Å². The molecule has 1 aliphatic heterocycles. The van der Waals surface area contributed by atoms with Gasteiger partial charge in [-0.3, -0.25) is 14.5 Å². The number of carbonyl (C=O) groups excluding carboxylic acids is 2. The van der Waals surface area contributed by atoms with Crippen LogP contribution in [0.15, 0.2) is 83.8 Å². The lowest BCUT2D eigenvalue weighted by atomic mass is 10.1. The quantitative estimate of drug-likeness (QED) is 0.123. The Morgan fingerprint density at radius 3 is 2.32 bits per heavy atom. The summed E-state index contributed by atoms with van der Waals surface area (Å²) in [7, 11) is 0. The Morgan fingerprint density at radius 2 is 1.68 bits per heavy atom. The van der Waals surface area contributed by atoms with Gasteiger partial charge in [-0.15, -0.1) is 0 Å². The third kappa shape index (κ3) is 7.65. The first-order chi connectivity index (χ1) is 18.1. The van der Waals surface area contributed by atoms with Crippen LogP contribution in [-0.2, 0) is 11.2 Å². The first-order valence-electron chi connectivity index (χ1n) is 11.3. The van der Waals surface area contributed by atoms with Crippen LogP contribution >= 0.6 is 70.4 Å². The molecule has 1 atom stereocenters. The SMILES string of the molecule is O=C(N[C@@H](Oc1ccc(/C=C2\SC(=S)N(CCc3ccccc3)C2=O)cc1)C(Cl)(Cl)Cl)c1ccc(Cl)cc1. The van der Waals surface area contributed by atoms with E-state index in [1.54, 1.807) is 59.5 Å². The maximum absolute atomic E-state index is 12.9. The molecule has 0 aliphatic carbocycles. The Hall–Kier alpha value is -2.26. The lowest BCUT2D eigenvalue weighted by Gasteiger charge is -2.26. The first kappa shape index (κ1) is 28.7. The van der Waals surface area contributed by atoms with Crippen LogP contribution in [0.2, 0.25) is 5.02 Å². The highest BCUT2D eigenvalue weighted by molar-refractivity contribution is 8.26. The summed E-state index contributed by atoms with van der Waals surface area (Å²) in [5, 5.41) is 3.06. The van der Waals surface area contributed by atoms with Gasteiger partial charge in [-0.1, -0.05) is 113 Å². The number of halogens is 4. The van der Waals surface area contributed by atoms with E-state index in [1.165, 1.54) is 11.8 Å². The number of rotatable bonds is 8. The smallest absolute Gasteiger partial charge is 0.266 e. The fraction of sp³-hybridized carbons (Fsp3) is 0.148. The van der Waals surface area contributed by atoms with Gasteiger partial charge in [-0.2, -0.15) is 0 Å². The van der Waals surface area contributed by atoms with Crippen LogP contribution in [0.5, 0.6) is 5.75 Å². The van der Waals surface area contributed by atoms with E-state index in [0.717, 1.165) is 11.1 Å². The van der Waals surface area contributed by atoms with Gasteiger partial charge >= 0.3 is 0 Å². The Bertz CT molecular complexity index is 1350. The summed E-state index contributed by atoms with van der Waals surface area (Å²) >= 11 is 30.8. The van der Waals surface area contributed by atoms with Crippen molar-refractivity contribution in [3.63, 3.8) is 0 Å². The molecule has 0 radical (unpaired) electrons. The van der Waals surface area contributed by atoms with Crippen molar-refractivity contribution in [2.24, 2.45) is 0 Å². The minimum absolute atomic E-state index is 0.127. The highest BCUT2D eigenvalue weighted by Gasteiger charge is 2.36. The zero-order valence-corrected chi connectivity index (χ0v) is 24.2. The molecular weight excluding hydrogens is 606 g/mol. The third-order valence-electron chi connectivity index (χ3n) is 5.44. The second-order valence-electron chi connectivity index (χ2n) is 8.16. The third-order valence-corrected chi connectivity index (χ3v) is 7.66. The molecule has 0 bridgehead atoms. The van der Waals surface area contributed by atoms with Crippen LogP contribution in [0.3, 0.4) is 0 Å². The minimum atomic E-state index is -1.95. The molecule has 5 nitrogen and oxygen atoms in total. The normalized spacial score (nSPS) is 15.6. The van der Waals surface area contributed by atoms with Crippen molar-refractivity contribution < 1.29 is 14.3 Å². The van der Waals surface area contributed by atoms with Gasteiger partial charge in [0.2, 0.25) is 10.0 Å². The zero-order valence-electron chi connectivity index (χ0n) is 19.6. The van der Waals surface area contributed by atoms with Gasteiger partial charge in [-0.05, 0) is 60.0 Å². The molecular formula is C27H20Cl4N2O3S2. The number of thiocarbonyl (C=S) groups is 1. The summed E-state index contributed by atoms with van der Waals surface area (Å²) in [6.45, 7) is 0.513. The molecule has 0 saturated carbocycles. The number of hydrogen-bond donors (Lipinski definition) is 1. The Balaban J connectivity index is 1.40. The lowest BCUT2D eigenvalue weighted by Crippen LogP contribution is -2.47. The fourth-order valence-electron chi connectivity index (χ4n) is 3.49. The van der Waals surface area contributed by atoms with Gasteiger partial charge in [0.25, 0.3) is 11.8 Å². The standard InChI is InChI=1S/C27H20Cl4N2O3S2/c28-20-10-8-19(9-11-20)23(34)32-25(27(29,30)31)36-21-12-6-18(7-13-21)16-22-24(35)33(26(37)38-22)15-14-17-4-2-1-3-5-17/h1-13,16,25H,14-15H2,(H,32,34)/b22-16-/t25-/m0/s1. The second kappa shape index (κ2) is 12.7. The molecule has 0 spiro atoms. The highest BCUT2D eigenvalue weighted by Crippen LogP contribution is 2.34. The first-order valence-corrected chi connectivity index (χ1v) is 14.0. The largest absolute Gasteiger partial charge is 0.466 e. The second-order valence-corrected chi connectivity index (χ2v) is 12.6. The molecule has 38 heavy (non-hydrogen) atoms. The maximum atomic E-state index is 12.9. The molecule has 1 saturated heterocycles. The summed E-state index contributed by atoms with van der Waals surface area (Å²) in [5.41, 5.74) is 2.23. The average Bonchev–Trinajstić information content (AvgIpc) is 3.15. The van der Waals surface area contributed by atoms with Gasteiger partial charge in [0.05, 0.1) is 4.91 Å². The van der Waals surface area contributed by atoms with Crippen molar-refractivity contribution in [1.29, 1.82) is 0 Å². The number of nitrogens with one attached hydrogen (secondary N) is 1.